The highest BCUT2D eigenvalue weighted by Crippen LogP contribution is 2.20. The lowest BCUT2D eigenvalue weighted by atomic mass is 9.98. The van der Waals surface area contributed by atoms with Crippen molar-refractivity contribution in [1.82, 2.24) is 15.3 Å². The summed E-state index contributed by atoms with van der Waals surface area (Å²) in [5.41, 5.74) is 0. The van der Waals surface area contributed by atoms with E-state index < -0.39 is 5.97 Å². The van der Waals surface area contributed by atoms with Crippen LogP contribution in [0.15, 0.2) is 12.3 Å². The normalized spacial score (nSPS) is 19.4. The number of aliphatic carboxylic acids is 1. The Morgan fingerprint density at radius 2 is 2.47 bits per heavy atom. The van der Waals surface area contributed by atoms with Crippen LogP contribution in [0.3, 0.4) is 0 Å². The van der Waals surface area contributed by atoms with Crippen molar-refractivity contribution in [2.75, 3.05) is 31.1 Å². The van der Waals surface area contributed by atoms with E-state index in [1.807, 2.05) is 13.0 Å². The maximum atomic E-state index is 10.5. The summed E-state index contributed by atoms with van der Waals surface area (Å²) in [6.07, 6.45) is 4.03. The standard InChI is InChI=1S/C13H20N4O2/c1-10-15-5-4-12(16-10)17-6-2-3-11(9-17)7-14-8-13(18)19/h4-5,11,14H,2-3,6-9H2,1H3,(H,18,19). The largest absolute Gasteiger partial charge is 0.480 e. The highest BCUT2D eigenvalue weighted by molar-refractivity contribution is 5.68. The van der Waals surface area contributed by atoms with Crippen LogP contribution in [0.5, 0.6) is 0 Å². The van der Waals surface area contributed by atoms with Gasteiger partial charge in [0.05, 0.1) is 6.54 Å². The zero-order valence-corrected chi connectivity index (χ0v) is 11.2. The molecular weight excluding hydrogens is 244 g/mol. The highest BCUT2D eigenvalue weighted by Gasteiger charge is 2.20. The van der Waals surface area contributed by atoms with E-state index in [1.165, 1.54) is 0 Å². The van der Waals surface area contributed by atoms with Gasteiger partial charge in [-0.05, 0) is 31.7 Å². The molecule has 6 heteroatoms. The number of hydrogen-bond donors (Lipinski definition) is 2. The lowest BCUT2D eigenvalue weighted by Crippen LogP contribution is -2.41. The minimum absolute atomic E-state index is 0.0309. The van der Waals surface area contributed by atoms with Crippen LogP contribution in [-0.4, -0.2) is 47.2 Å². The van der Waals surface area contributed by atoms with Gasteiger partial charge in [0.25, 0.3) is 0 Å². The van der Waals surface area contributed by atoms with Crippen molar-refractivity contribution < 1.29 is 9.90 Å². The molecule has 1 aromatic heterocycles. The molecule has 2 N–H and O–H groups in total. The molecule has 2 heterocycles. The molecule has 2 rings (SSSR count). The number of aromatic nitrogens is 2. The summed E-state index contributed by atoms with van der Waals surface area (Å²) in [5, 5.41) is 11.6. The van der Waals surface area contributed by atoms with Gasteiger partial charge in [0, 0.05) is 25.8 Å². The highest BCUT2D eigenvalue weighted by atomic mass is 16.4. The summed E-state index contributed by atoms with van der Waals surface area (Å²) < 4.78 is 0. The Labute approximate surface area is 112 Å². The average Bonchev–Trinajstić information content (AvgIpc) is 2.39. The molecule has 0 bridgehead atoms. The first kappa shape index (κ1) is 13.7. The first-order chi connectivity index (χ1) is 9.15. The zero-order valence-electron chi connectivity index (χ0n) is 11.2. The Morgan fingerprint density at radius 3 is 3.21 bits per heavy atom. The molecule has 19 heavy (non-hydrogen) atoms. The van der Waals surface area contributed by atoms with E-state index in [4.69, 9.17) is 5.11 Å². The summed E-state index contributed by atoms with van der Waals surface area (Å²) in [6, 6.07) is 1.93. The fourth-order valence-corrected chi connectivity index (χ4v) is 2.44. The molecule has 1 saturated heterocycles. The molecular formula is C13H20N4O2. The molecule has 0 spiro atoms. The molecule has 6 nitrogen and oxygen atoms in total. The Hall–Kier alpha value is -1.69. The molecule has 0 aliphatic carbocycles. The van der Waals surface area contributed by atoms with E-state index in [2.05, 4.69) is 20.2 Å². The number of rotatable bonds is 5. The van der Waals surface area contributed by atoms with E-state index in [1.54, 1.807) is 6.20 Å². The Kier molecular flexibility index (Phi) is 4.68. The van der Waals surface area contributed by atoms with Gasteiger partial charge in [0.1, 0.15) is 11.6 Å². The summed E-state index contributed by atoms with van der Waals surface area (Å²) in [4.78, 5) is 21.3. The van der Waals surface area contributed by atoms with Gasteiger partial charge >= 0.3 is 5.97 Å². The van der Waals surface area contributed by atoms with Crippen molar-refractivity contribution in [3.63, 3.8) is 0 Å². The van der Waals surface area contributed by atoms with Crippen molar-refractivity contribution in [3.8, 4) is 0 Å². The molecule has 1 fully saturated rings. The molecule has 1 aliphatic heterocycles. The minimum Gasteiger partial charge on any atom is -0.480 e. The molecule has 0 amide bonds. The molecule has 104 valence electrons. The third kappa shape index (κ3) is 4.17. The van der Waals surface area contributed by atoms with E-state index in [9.17, 15) is 4.79 Å². The Balaban J connectivity index is 1.88. The molecule has 0 aromatic carbocycles. The third-order valence-electron chi connectivity index (χ3n) is 3.31. The van der Waals surface area contributed by atoms with Crippen molar-refractivity contribution in [3.05, 3.63) is 18.1 Å². The van der Waals surface area contributed by atoms with E-state index in [0.29, 0.717) is 5.92 Å². The minimum atomic E-state index is -0.806. The number of aryl methyl sites for hydroxylation is 1. The maximum Gasteiger partial charge on any atom is 0.317 e. The number of hydrogen-bond acceptors (Lipinski definition) is 5. The summed E-state index contributed by atoms with van der Waals surface area (Å²) in [7, 11) is 0. The second-order valence-corrected chi connectivity index (χ2v) is 4.94. The fraction of sp³-hybridized carbons (Fsp3) is 0.615. The van der Waals surface area contributed by atoms with E-state index in [-0.39, 0.29) is 6.54 Å². The summed E-state index contributed by atoms with van der Waals surface area (Å²) in [5.74, 6) is 1.42. The van der Waals surface area contributed by atoms with Crippen molar-refractivity contribution in [1.29, 1.82) is 0 Å². The predicted molar refractivity (Wildman–Crippen MR) is 72.2 cm³/mol. The number of anilines is 1. The second kappa shape index (κ2) is 6.47. The summed E-state index contributed by atoms with van der Waals surface area (Å²) in [6.45, 7) is 4.59. The van der Waals surface area contributed by atoms with Gasteiger partial charge in [-0.15, -0.1) is 0 Å². The fourth-order valence-electron chi connectivity index (χ4n) is 2.44. The lowest BCUT2D eigenvalue weighted by molar-refractivity contribution is -0.136. The molecule has 0 saturated carbocycles. The SMILES string of the molecule is Cc1nccc(N2CCCC(CNCC(=O)O)C2)n1. The molecule has 1 aromatic rings. The van der Waals surface area contributed by atoms with Crippen LogP contribution in [-0.2, 0) is 4.79 Å². The lowest BCUT2D eigenvalue weighted by Gasteiger charge is -2.33. The Morgan fingerprint density at radius 1 is 1.63 bits per heavy atom. The van der Waals surface area contributed by atoms with E-state index >= 15 is 0 Å². The van der Waals surface area contributed by atoms with Gasteiger partial charge in [0.15, 0.2) is 0 Å². The number of carboxylic acid groups (broad SMARTS) is 1. The topological polar surface area (TPSA) is 78.4 Å². The van der Waals surface area contributed by atoms with Crippen molar-refractivity contribution in [2.45, 2.75) is 19.8 Å². The van der Waals surface area contributed by atoms with Crippen molar-refractivity contribution in [2.24, 2.45) is 5.92 Å². The molecule has 0 radical (unpaired) electrons. The van der Waals surface area contributed by atoms with Crippen LogP contribution in [0.2, 0.25) is 0 Å². The maximum absolute atomic E-state index is 10.5. The number of nitrogens with zero attached hydrogens (tertiary/aromatic N) is 3. The first-order valence-corrected chi connectivity index (χ1v) is 6.62. The van der Waals surface area contributed by atoms with Crippen LogP contribution >= 0.6 is 0 Å². The number of piperidine rings is 1. The number of carboxylic acids is 1. The quantitative estimate of drug-likeness (QED) is 0.814. The van der Waals surface area contributed by atoms with Crippen LogP contribution in [0.4, 0.5) is 5.82 Å². The van der Waals surface area contributed by atoms with Crippen LogP contribution in [0.1, 0.15) is 18.7 Å². The number of nitrogens with one attached hydrogen (secondary N) is 1. The van der Waals surface area contributed by atoms with Gasteiger partial charge in [-0.25, -0.2) is 9.97 Å². The van der Waals surface area contributed by atoms with E-state index in [0.717, 1.165) is 44.1 Å². The van der Waals surface area contributed by atoms with Gasteiger partial charge < -0.3 is 15.3 Å². The van der Waals surface area contributed by atoms with Gasteiger partial charge in [0.2, 0.25) is 0 Å². The van der Waals surface area contributed by atoms with Crippen LogP contribution < -0.4 is 10.2 Å². The smallest absolute Gasteiger partial charge is 0.317 e. The predicted octanol–water partition coefficient (Wildman–Crippen LogP) is 0.676. The van der Waals surface area contributed by atoms with Gasteiger partial charge in [-0.3, -0.25) is 4.79 Å². The second-order valence-electron chi connectivity index (χ2n) is 4.94. The average molecular weight is 264 g/mol. The monoisotopic (exact) mass is 264 g/mol. The van der Waals surface area contributed by atoms with Gasteiger partial charge in [-0.1, -0.05) is 0 Å². The zero-order chi connectivity index (χ0) is 13.7. The number of carbonyl (C=O) groups is 1. The summed E-state index contributed by atoms with van der Waals surface area (Å²) >= 11 is 0. The Bertz CT molecular complexity index is 438. The first-order valence-electron chi connectivity index (χ1n) is 6.62. The molecule has 1 atom stereocenters. The van der Waals surface area contributed by atoms with Crippen LogP contribution in [0.25, 0.3) is 0 Å². The van der Waals surface area contributed by atoms with Crippen LogP contribution in [0, 0.1) is 12.8 Å². The molecule has 1 unspecified atom stereocenters. The third-order valence-corrected chi connectivity index (χ3v) is 3.31. The van der Waals surface area contributed by atoms with Crippen molar-refractivity contribution >= 4 is 11.8 Å². The van der Waals surface area contributed by atoms with Gasteiger partial charge in [-0.2, -0.15) is 0 Å². The molecule has 1 aliphatic rings.